The lowest BCUT2D eigenvalue weighted by molar-refractivity contribution is -0.141. The van der Waals surface area contributed by atoms with Gasteiger partial charge < -0.3 is 10.2 Å². The van der Waals surface area contributed by atoms with E-state index in [9.17, 15) is 18.0 Å². The van der Waals surface area contributed by atoms with E-state index in [1.54, 1.807) is 11.0 Å². The third-order valence-electron chi connectivity index (χ3n) is 5.69. The molecule has 0 aliphatic heterocycles. The minimum Gasteiger partial charge on any atom is -0.352 e. The zero-order valence-electron chi connectivity index (χ0n) is 21.7. The van der Waals surface area contributed by atoms with Gasteiger partial charge in [0.25, 0.3) is 0 Å². The molecule has 0 saturated carbocycles. The zero-order chi connectivity index (χ0) is 26.2. The Bertz CT molecular complexity index is 1110. The number of carbonyl (C=O) groups excluding carboxylic acids is 2. The first-order valence-corrected chi connectivity index (χ1v) is 14.0. The van der Waals surface area contributed by atoms with E-state index in [0.717, 1.165) is 16.7 Å². The SMILES string of the molecule is CC[C@H](C(=O)NC(C)C)N(Cc1cccc(C)c1)C(=O)CCCN(c1cccc(C)c1)S(C)(=O)=O. The van der Waals surface area contributed by atoms with E-state index in [4.69, 9.17) is 0 Å². The largest absolute Gasteiger partial charge is 0.352 e. The van der Waals surface area contributed by atoms with Gasteiger partial charge in [-0.15, -0.1) is 0 Å². The molecule has 0 spiro atoms. The average molecular weight is 502 g/mol. The molecule has 0 aliphatic carbocycles. The summed E-state index contributed by atoms with van der Waals surface area (Å²) in [6, 6.07) is 14.5. The second-order valence-electron chi connectivity index (χ2n) is 9.38. The molecule has 2 aromatic carbocycles. The summed E-state index contributed by atoms with van der Waals surface area (Å²) in [5, 5.41) is 2.93. The van der Waals surface area contributed by atoms with Crippen LogP contribution in [0, 0.1) is 13.8 Å². The normalized spacial score (nSPS) is 12.3. The highest BCUT2D eigenvalue weighted by molar-refractivity contribution is 7.92. The van der Waals surface area contributed by atoms with Gasteiger partial charge in [0, 0.05) is 25.6 Å². The number of sulfonamides is 1. The quantitative estimate of drug-likeness (QED) is 0.473. The molecule has 1 atom stereocenters. The molecule has 8 heteroatoms. The monoisotopic (exact) mass is 501 g/mol. The van der Waals surface area contributed by atoms with Gasteiger partial charge in [-0.25, -0.2) is 8.42 Å². The highest BCUT2D eigenvalue weighted by atomic mass is 32.2. The van der Waals surface area contributed by atoms with E-state index in [-0.39, 0.29) is 30.8 Å². The molecule has 0 heterocycles. The first kappa shape index (κ1) is 28.4. The van der Waals surface area contributed by atoms with Gasteiger partial charge in [0.2, 0.25) is 21.8 Å². The van der Waals surface area contributed by atoms with Gasteiger partial charge in [-0.2, -0.15) is 0 Å². The van der Waals surface area contributed by atoms with Gasteiger partial charge >= 0.3 is 0 Å². The summed E-state index contributed by atoms with van der Waals surface area (Å²) in [6.45, 7) is 10.1. The molecule has 2 rings (SSSR count). The Balaban J connectivity index is 2.22. The number of amides is 2. The Hall–Kier alpha value is -2.87. The molecule has 0 radical (unpaired) electrons. The molecule has 2 aromatic rings. The van der Waals surface area contributed by atoms with E-state index >= 15 is 0 Å². The Morgan fingerprint density at radius 1 is 1.00 bits per heavy atom. The van der Waals surface area contributed by atoms with E-state index in [1.807, 2.05) is 77.1 Å². The molecule has 0 unspecified atom stereocenters. The first-order chi connectivity index (χ1) is 16.4. The standard InChI is InChI=1S/C27H39N3O4S/c1-7-25(27(32)28-20(2)3)29(19-23-13-8-11-21(4)17-23)26(31)15-10-16-30(35(6,33)34)24-14-9-12-22(5)18-24/h8-9,11-14,17-18,20,25H,7,10,15-16,19H2,1-6H3,(H,28,32)/t25-/m1/s1. The number of hydrogen-bond donors (Lipinski definition) is 1. The lowest BCUT2D eigenvalue weighted by Gasteiger charge is -2.31. The van der Waals surface area contributed by atoms with Crippen LogP contribution in [-0.4, -0.2) is 50.0 Å². The van der Waals surface area contributed by atoms with Crippen molar-refractivity contribution in [2.75, 3.05) is 17.1 Å². The van der Waals surface area contributed by atoms with Gasteiger partial charge in [-0.1, -0.05) is 48.9 Å². The van der Waals surface area contributed by atoms with Crippen molar-refractivity contribution < 1.29 is 18.0 Å². The summed E-state index contributed by atoms with van der Waals surface area (Å²) in [4.78, 5) is 28.0. The van der Waals surface area contributed by atoms with Gasteiger partial charge in [-0.3, -0.25) is 13.9 Å². The predicted octanol–water partition coefficient (Wildman–Crippen LogP) is 4.18. The molecule has 0 bridgehead atoms. The van der Waals surface area contributed by atoms with Crippen LogP contribution in [0.3, 0.4) is 0 Å². The fourth-order valence-electron chi connectivity index (χ4n) is 4.09. The molecule has 35 heavy (non-hydrogen) atoms. The topological polar surface area (TPSA) is 86.8 Å². The molecular formula is C27H39N3O4S. The molecule has 0 fully saturated rings. The van der Waals surface area contributed by atoms with Crippen molar-refractivity contribution >= 4 is 27.5 Å². The predicted molar refractivity (Wildman–Crippen MR) is 142 cm³/mol. The molecule has 192 valence electrons. The lowest BCUT2D eigenvalue weighted by atomic mass is 10.1. The van der Waals surface area contributed by atoms with Crippen LogP contribution >= 0.6 is 0 Å². The summed E-state index contributed by atoms with van der Waals surface area (Å²) in [5.74, 6) is -0.351. The Morgan fingerprint density at radius 3 is 2.17 bits per heavy atom. The minimum absolute atomic E-state index is 0.0369. The smallest absolute Gasteiger partial charge is 0.243 e. The number of aryl methyl sites for hydroxylation is 2. The second-order valence-corrected chi connectivity index (χ2v) is 11.3. The van der Waals surface area contributed by atoms with Crippen molar-refractivity contribution in [3.05, 3.63) is 65.2 Å². The molecule has 7 nitrogen and oxygen atoms in total. The molecule has 0 aromatic heterocycles. The van der Waals surface area contributed by atoms with Crippen LogP contribution in [0.15, 0.2) is 48.5 Å². The second kappa shape index (κ2) is 12.7. The lowest BCUT2D eigenvalue weighted by Crippen LogP contribution is -2.50. The number of anilines is 1. The maximum absolute atomic E-state index is 13.4. The fourth-order valence-corrected chi connectivity index (χ4v) is 5.05. The van der Waals surface area contributed by atoms with Crippen LogP contribution in [0.5, 0.6) is 0 Å². The van der Waals surface area contributed by atoms with Crippen LogP contribution in [0.4, 0.5) is 5.69 Å². The summed E-state index contributed by atoms with van der Waals surface area (Å²) in [7, 11) is -3.51. The van der Waals surface area contributed by atoms with Crippen LogP contribution in [-0.2, 0) is 26.2 Å². The van der Waals surface area contributed by atoms with Crippen LogP contribution in [0.25, 0.3) is 0 Å². The van der Waals surface area contributed by atoms with Crippen molar-refractivity contribution in [1.82, 2.24) is 10.2 Å². The van der Waals surface area contributed by atoms with Crippen LogP contribution < -0.4 is 9.62 Å². The summed E-state index contributed by atoms with van der Waals surface area (Å²) >= 11 is 0. The molecule has 2 amide bonds. The van der Waals surface area contributed by atoms with Crippen molar-refractivity contribution in [3.63, 3.8) is 0 Å². The molecule has 1 N–H and O–H groups in total. The maximum atomic E-state index is 13.4. The summed E-state index contributed by atoms with van der Waals surface area (Å²) in [6.07, 6.45) is 2.13. The number of nitrogens with zero attached hydrogens (tertiary/aromatic N) is 2. The number of carbonyl (C=O) groups is 2. The Labute approximate surface area is 210 Å². The number of benzene rings is 2. The molecule has 0 aliphatic rings. The van der Waals surface area contributed by atoms with Crippen molar-refractivity contribution in [2.24, 2.45) is 0 Å². The van der Waals surface area contributed by atoms with E-state index in [1.165, 1.54) is 10.6 Å². The third kappa shape index (κ3) is 8.69. The van der Waals surface area contributed by atoms with Crippen molar-refractivity contribution in [2.45, 2.75) is 72.5 Å². The Morgan fingerprint density at radius 2 is 1.63 bits per heavy atom. The van der Waals surface area contributed by atoms with Crippen molar-refractivity contribution in [1.29, 1.82) is 0 Å². The first-order valence-electron chi connectivity index (χ1n) is 12.1. The number of nitrogens with one attached hydrogen (secondary N) is 1. The van der Waals surface area contributed by atoms with Gasteiger partial charge in [-0.05, 0) is 63.8 Å². The third-order valence-corrected chi connectivity index (χ3v) is 6.89. The zero-order valence-corrected chi connectivity index (χ0v) is 22.6. The van der Waals surface area contributed by atoms with Crippen LogP contribution in [0.2, 0.25) is 0 Å². The fraction of sp³-hybridized carbons (Fsp3) is 0.481. The van der Waals surface area contributed by atoms with Gasteiger partial charge in [0.1, 0.15) is 6.04 Å². The summed E-state index contributed by atoms with van der Waals surface area (Å²) < 4.78 is 26.2. The van der Waals surface area contributed by atoms with E-state index in [0.29, 0.717) is 25.1 Å². The maximum Gasteiger partial charge on any atom is 0.243 e. The molecule has 0 saturated heterocycles. The van der Waals surface area contributed by atoms with Crippen LogP contribution in [0.1, 0.15) is 56.7 Å². The summed E-state index contributed by atoms with van der Waals surface area (Å²) in [5.41, 5.74) is 3.57. The minimum atomic E-state index is -3.51. The van der Waals surface area contributed by atoms with E-state index < -0.39 is 16.1 Å². The van der Waals surface area contributed by atoms with Gasteiger partial charge in [0.15, 0.2) is 0 Å². The Kier molecular flexibility index (Phi) is 10.3. The highest BCUT2D eigenvalue weighted by Gasteiger charge is 2.29. The average Bonchev–Trinajstić information content (AvgIpc) is 2.75. The number of hydrogen-bond acceptors (Lipinski definition) is 4. The van der Waals surface area contributed by atoms with E-state index in [2.05, 4.69) is 5.32 Å². The van der Waals surface area contributed by atoms with Crippen molar-refractivity contribution in [3.8, 4) is 0 Å². The van der Waals surface area contributed by atoms with Gasteiger partial charge in [0.05, 0.1) is 11.9 Å². The molecular weight excluding hydrogens is 462 g/mol. The highest BCUT2D eigenvalue weighted by Crippen LogP contribution is 2.21. The number of rotatable bonds is 12.